The largest absolute Gasteiger partial charge is 0.465 e. The van der Waals surface area contributed by atoms with Gasteiger partial charge in [0.05, 0.1) is 17.1 Å². The second-order valence-electron chi connectivity index (χ2n) is 9.90. The van der Waals surface area contributed by atoms with Crippen molar-refractivity contribution in [3.05, 3.63) is 84.3 Å². The lowest BCUT2D eigenvalue weighted by atomic mass is 9.92. The summed E-state index contributed by atoms with van der Waals surface area (Å²) in [4.78, 5) is 19.1. The third kappa shape index (κ3) is 6.61. The zero-order chi connectivity index (χ0) is 29.2. The van der Waals surface area contributed by atoms with Crippen molar-refractivity contribution in [3.63, 3.8) is 0 Å². The molecule has 4 aromatic rings. The Kier molecular flexibility index (Phi) is 8.80. The zero-order valence-electron chi connectivity index (χ0n) is 22.2. The fraction of sp³-hybridized carbons (Fsp3) is 0.250. The van der Waals surface area contributed by atoms with E-state index in [1.807, 2.05) is 63.4 Å². The Morgan fingerprint density at radius 3 is 2.33 bits per heavy atom. The van der Waals surface area contributed by atoms with Crippen molar-refractivity contribution >= 4 is 64.2 Å². The van der Waals surface area contributed by atoms with E-state index in [1.54, 1.807) is 30.3 Å². The van der Waals surface area contributed by atoms with Gasteiger partial charge in [0, 0.05) is 34.3 Å². The van der Waals surface area contributed by atoms with Crippen LogP contribution in [0.25, 0.3) is 5.69 Å². The van der Waals surface area contributed by atoms with Crippen LogP contribution in [0.3, 0.4) is 0 Å². The Morgan fingerprint density at radius 2 is 1.73 bits per heavy atom. The summed E-state index contributed by atoms with van der Waals surface area (Å²) in [5.41, 5.74) is 7.70. The summed E-state index contributed by atoms with van der Waals surface area (Å²) in [7, 11) is 0. The van der Waals surface area contributed by atoms with Gasteiger partial charge in [-0.25, -0.2) is 14.4 Å². The second-order valence-corrected chi connectivity index (χ2v) is 13.1. The Hall–Kier alpha value is -3.11. The van der Waals surface area contributed by atoms with Gasteiger partial charge in [-0.15, -0.1) is 11.8 Å². The first kappa shape index (κ1) is 29.9. The number of hydrogen-bond donors (Lipinski definition) is 2. The number of carbonyl (C=O) groups is 1. The molecule has 0 fully saturated rings. The molecule has 210 valence electrons. The third-order valence-electron chi connectivity index (χ3n) is 5.95. The van der Waals surface area contributed by atoms with Crippen LogP contribution in [0.1, 0.15) is 38.2 Å². The molecule has 8 nitrogen and oxygen atoms in total. The molecule has 12 heteroatoms. The molecule has 1 atom stereocenters. The fourth-order valence-electron chi connectivity index (χ4n) is 3.99. The molecule has 2 heterocycles. The predicted octanol–water partition coefficient (Wildman–Crippen LogP) is 8.26. The molecule has 0 spiro atoms. The SMILES string of the molecule is CSc1cc(Oc2ccnc(C(N(C(=O)O)c3cc(C(C)(C)C)nn3-c3ccccc3)C(Cl)(Cl)Cl)c2)ccc1N. The van der Waals surface area contributed by atoms with Crippen molar-refractivity contribution in [2.75, 3.05) is 16.9 Å². The van der Waals surface area contributed by atoms with Crippen LogP contribution in [0, 0.1) is 0 Å². The number of nitrogens with zero attached hydrogens (tertiary/aromatic N) is 4. The number of halogens is 3. The molecule has 0 saturated heterocycles. The van der Waals surface area contributed by atoms with Crippen molar-refractivity contribution < 1.29 is 14.6 Å². The number of benzene rings is 2. The van der Waals surface area contributed by atoms with Gasteiger partial charge in [0.2, 0.25) is 3.79 Å². The number of nitrogens with two attached hydrogens (primary N) is 1. The average molecular weight is 621 g/mol. The van der Waals surface area contributed by atoms with Crippen molar-refractivity contribution in [1.29, 1.82) is 0 Å². The molecule has 0 aliphatic rings. The minimum Gasteiger partial charge on any atom is -0.465 e. The maximum atomic E-state index is 12.9. The van der Waals surface area contributed by atoms with Crippen molar-refractivity contribution in [2.24, 2.45) is 0 Å². The van der Waals surface area contributed by atoms with E-state index in [2.05, 4.69) is 4.98 Å². The number of para-hydroxylation sites is 1. The zero-order valence-corrected chi connectivity index (χ0v) is 25.3. The maximum Gasteiger partial charge on any atom is 0.413 e. The van der Waals surface area contributed by atoms with Gasteiger partial charge in [-0.2, -0.15) is 5.10 Å². The molecule has 0 radical (unpaired) electrons. The summed E-state index contributed by atoms with van der Waals surface area (Å²) in [5.74, 6) is 1.10. The molecule has 1 unspecified atom stereocenters. The summed E-state index contributed by atoms with van der Waals surface area (Å²) >= 11 is 20.9. The Balaban J connectivity index is 1.84. The van der Waals surface area contributed by atoms with Gasteiger partial charge in [-0.1, -0.05) is 73.8 Å². The molecule has 40 heavy (non-hydrogen) atoms. The average Bonchev–Trinajstić information content (AvgIpc) is 3.34. The molecule has 1 amide bonds. The van der Waals surface area contributed by atoms with E-state index < -0.39 is 21.3 Å². The van der Waals surface area contributed by atoms with E-state index in [0.29, 0.717) is 28.6 Å². The lowest BCUT2D eigenvalue weighted by molar-refractivity contribution is 0.198. The van der Waals surface area contributed by atoms with Gasteiger partial charge in [0.25, 0.3) is 0 Å². The first-order valence-electron chi connectivity index (χ1n) is 12.1. The third-order valence-corrected chi connectivity index (χ3v) is 7.37. The highest BCUT2D eigenvalue weighted by Gasteiger charge is 2.45. The summed E-state index contributed by atoms with van der Waals surface area (Å²) in [6, 6.07) is 17.9. The van der Waals surface area contributed by atoms with Gasteiger partial charge in [-0.05, 0) is 42.7 Å². The van der Waals surface area contributed by atoms with Crippen LogP contribution in [-0.4, -0.2) is 36.0 Å². The smallest absolute Gasteiger partial charge is 0.413 e. The van der Waals surface area contributed by atoms with Crippen LogP contribution in [0.4, 0.5) is 16.3 Å². The van der Waals surface area contributed by atoms with E-state index >= 15 is 0 Å². The van der Waals surface area contributed by atoms with Crippen molar-refractivity contribution in [2.45, 2.75) is 40.9 Å². The van der Waals surface area contributed by atoms with Crippen LogP contribution in [0.2, 0.25) is 0 Å². The summed E-state index contributed by atoms with van der Waals surface area (Å²) in [6.07, 6.45) is 2.03. The minimum atomic E-state index is -2.12. The van der Waals surface area contributed by atoms with Gasteiger partial charge < -0.3 is 15.6 Å². The standard InChI is InChI=1S/C28H28Cl3N5O3S/c1-27(2,3)23-16-24(36(34-23)17-8-6-5-7-9-17)35(26(37)38)25(28(29,30)31)21-14-19(12-13-33-21)39-18-10-11-20(32)22(15-18)40-4/h5-16,25H,32H2,1-4H3,(H,37,38). The number of carboxylic acid groups (broad SMARTS) is 1. The maximum absolute atomic E-state index is 12.9. The predicted molar refractivity (Wildman–Crippen MR) is 163 cm³/mol. The van der Waals surface area contributed by atoms with Crippen LogP contribution in [0.5, 0.6) is 11.5 Å². The topological polar surface area (TPSA) is 106 Å². The number of amides is 1. The molecular weight excluding hydrogens is 593 g/mol. The number of rotatable bonds is 7. The number of thioether (sulfide) groups is 1. The summed E-state index contributed by atoms with van der Waals surface area (Å²) < 4.78 is 5.45. The number of ether oxygens (including phenoxy) is 1. The quantitative estimate of drug-likeness (QED) is 0.122. The molecule has 4 rings (SSSR count). The number of aromatic nitrogens is 3. The van der Waals surface area contributed by atoms with E-state index in [9.17, 15) is 9.90 Å². The highest BCUT2D eigenvalue weighted by atomic mass is 35.6. The van der Waals surface area contributed by atoms with Gasteiger partial charge in [0.15, 0.2) is 0 Å². The van der Waals surface area contributed by atoms with Crippen molar-refractivity contribution in [3.8, 4) is 17.2 Å². The minimum absolute atomic E-state index is 0.165. The molecule has 2 aromatic carbocycles. The van der Waals surface area contributed by atoms with E-state index in [0.717, 1.165) is 9.80 Å². The molecule has 0 bridgehead atoms. The van der Waals surface area contributed by atoms with E-state index in [1.165, 1.54) is 22.6 Å². The van der Waals surface area contributed by atoms with Gasteiger partial charge in [0.1, 0.15) is 23.4 Å². The van der Waals surface area contributed by atoms with Gasteiger partial charge in [-0.3, -0.25) is 4.98 Å². The monoisotopic (exact) mass is 619 g/mol. The van der Waals surface area contributed by atoms with Gasteiger partial charge >= 0.3 is 6.09 Å². The number of hydrogen-bond acceptors (Lipinski definition) is 6. The second kappa shape index (κ2) is 11.8. The van der Waals surface area contributed by atoms with Crippen LogP contribution >= 0.6 is 46.6 Å². The molecule has 3 N–H and O–H groups in total. The molecule has 0 aliphatic heterocycles. The number of alkyl halides is 3. The number of nitrogen functional groups attached to an aromatic ring is 1. The molecule has 0 aliphatic carbocycles. The Morgan fingerprint density at radius 1 is 1.05 bits per heavy atom. The Bertz CT molecular complexity index is 1500. The number of anilines is 2. The van der Waals surface area contributed by atoms with Crippen molar-refractivity contribution in [1.82, 2.24) is 14.8 Å². The summed E-state index contributed by atoms with van der Waals surface area (Å²) in [5, 5.41) is 15.3. The van der Waals surface area contributed by atoms with Crippen LogP contribution in [-0.2, 0) is 5.41 Å². The van der Waals surface area contributed by atoms with E-state index in [-0.39, 0.29) is 11.5 Å². The highest BCUT2D eigenvalue weighted by Crippen LogP contribution is 2.46. The molecular formula is C28H28Cl3N5O3S. The number of pyridine rings is 1. The van der Waals surface area contributed by atoms with E-state index in [4.69, 9.17) is 50.4 Å². The molecule has 2 aromatic heterocycles. The fourth-order valence-corrected chi connectivity index (χ4v) is 5.15. The van der Waals surface area contributed by atoms with Crippen LogP contribution < -0.4 is 15.4 Å². The summed E-state index contributed by atoms with van der Waals surface area (Å²) in [6.45, 7) is 5.94. The first-order chi connectivity index (χ1) is 18.8. The lowest BCUT2D eigenvalue weighted by Crippen LogP contribution is -2.42. The molecule has 0 saturated carbocycles. The van der Waals surface area contributed by atoms with Crippen LogP contribution in [0.15, 0.2) is 77.8 Å². The highest BCUT2D eigenvalue weighted by molar-refractivity contribution is 7.98. The first-order valence-corrected chi connectivity index (χ1v) is 14.5. The lowest BCUT2D eigenvalue weighted by Gasteiger charge is -2.33. The normalized spacial score (nSPS) is 12.7. The Labute approximate surface area is 252 Å².